The molecule has 2 nitrogen and oxygen atoms in total. The molecule has 8 atom stereocenters. The van der Waals surface area contributed by atoms with E-state index in [9.17, 15) is 10.4 Å². The molecular weight excluding hydrogens is 366 g/mol. The normalized spacial score (nSPS) is 43.9. The predicted molar refractivity (Wildman–Crippen MR) is 124 cm³/mol. The Morgan fingerprint density at radius 1 is 1.10 bits per heavy atom. The van der Waals surface area contributed by atoms with Crippen LogP contribution in [0.3, 0.4) is 0 Å². The van der Waals surface area contributed by atoms with Gasteiger partial charge in [-0.3, -0.25) is 0 Å². The number of nitriles is 1. The van der Waals surface area contributed by atoms with Crippen molar-refractivity contribution in [2.45, 2.75) is 111 Å². The van der Waals surface area contributed by atoms with Gasteiger partial charge in [0, 0.05) is 11.8 Å². The molecular formula is C28H45NO. The molecule has 0 bridgehead atoms. The summed E-state index contributed by atoms with van der Waals surface area (Å²) in [5.74, 6) is 4.85. The van der Waals surface area contributed by atoms with Crippen LogP contribution in [0.25, 0.3) is 0 Å². The van der Waals surface area contributed by atoms with E-state index in [0.717, 1.165) is 48.9 Å². The first kappa shape index (κ1) is 22.4. The van der Waals surface area contributed by atoms with Gasteiger partial charge in [-0.1, -0.05) is 58.6 Å². The van der Waals surface area contributed by atoms with Crippen LogP contribution >= 0.6 is 0 Å². The van der Waals surface area contributed by atoms with Crippen molar-refractivity contribution >= 4 is 0 Å². The maximum Gasteiger partial charge on any atom is 0.0631 e. The zero-order chi connectivity index (χ0) is 21.5. The third-order valence-electron chi connectivity index (χ3n) is 10.4. The molecule has 4 rings (SSSR count). The van der Waals surface area contributed by atoms with Crippen molar-refractivity contribution in [3.63, 3.8) is 0 Å². The summed E-state index contributed by atoms with van der Waals surface area (Å²) in [6, 6.07) is 2.58. The quantitative estimate of drug-likeness (QED) is 0.467. The fourth-order valence-corrected chi connectivity index (χ4v) is 8.93. The Balaban J connectivity index is 1.53. The molecule has 4 aliphatic carbocycles. The molecule has 0 aliphatic heterocycles. The molecule has 0 aromatic heterocycles. The third-order valence-corrected chi connectivity index (χ3v) is 10.4. The second-order valence-corrected chi connectivity index (χ2v) is 12.3. The second-order valence-electron chi connectivity index (χ2n) is 12.3. The summed E-state index contributed by atoms with van der Waals surface area (Å²) >= 11 is 0. The van der Waals surface area contributed by atoms with Gasteiger partial charge in [0.25, 0.3) is 0 Å². The highest BCUT2D eigenvalue weighted by Gasteiger charge is 2.60. The van der Waals surface area contributed by atoms with Gasteiger partial charge in [0.15, 0.2) is 0 Å². The Kier molecular flexibility index (Phi) is 6.43. The summed E-state index contributed by atoms with van der Waals surface area (Å²) in [6.45, 7) is 9.89. The van der Waals surface area contributed by atoms with Gasteiger partial charge in [-0.05, 0) is 92.3 Å². The maximum atomic E-state index is 10.3. The van der Waals surface area contributed by atoms with Gasteiger partial charge in [0.2, 0.25) is 0 Å². The van der Waals surface area contributed by atoms with Crippen molar-refractivity contribution in [2.75, 3.05) is 0 Å². The van der Waals surface area contributed by atoms with Gasteiger partial charge in [-0.2, -0.15) is 5.26 Å². The number of allylic oxidation sites excluding steroid dienone is 1. The first-order chi connectivity index (χ1) is 14.3. The molecule has 0 saturated heterocycles. The lowest BCUT2D eigenvalue weighted by Crippen LogP contribution is -2.51. The summed E-state index contributed by atoms with van der Waals surface area (Å²) in [6.07, 6.45) is 16.6. The van der Waals surface area contributed by atoms with Crippen LogP contribution in [0.5, 0.6) is 0 Å². The van der Waals surface area contributed by atoms with E-state index in [1.54, 1.807) is 0 Å². The minimum Gasteiger partial charge on any atom is -0.393 e. The maximum absolute atomic E-state index is 10.3. The van der Waals surface area contributed by atoms with Gasteiger partial charge in [-0.15, -0.1) is 0 Å². The van der Waals surface area contributed by atoms with Crippen molar-refractivity contribution in [2.24, 2.45) is 46.3 Å². The highest BCUT2D eigenvalue weighted by Crippen LogP contribution is 2.68. The van der Waals surface area contributed by atoms with Gasteiger partial charge in [0.1, 0.15) is 0 Å². The van der Waals surface area contributed by atoms with Crippen LogP contribution in [-0.4, -0.2) is 11.2 Å². The van der Waals surface area contributed by atoms with Crippen molar-refractivity contribution in [3.05, 3.63) is 11.6 Å². The molecule has 1 N–H and O–H groups in total. The molecule has 2 heteroatoms. The van der Waals surface area contributed by atoms with Gasteiger partial charge >= 0.3 is 0 Å². The Bertz CT molecular complexity index is 689. The van der Waals surface area contributed by atoms with Crippen molar-refractivity contribution in [1.29, 1.82) is 5.26 Å². The topological polar surface area (TPSA) is 44.0 Å². The van der Waals surface area contributed by atoms with E-state index in [1.165, 1.54) is 56.9 Å². The van der Waals surface area contributed by atoms with E-state index in [-0.39, 0.29) is 11.5 Å². The van der Waals surface area contributed by atoms with Crippen molar-refractivity contribution in [3.8, 4) is 6.07 Å². The van der Waals surface area contributed by atoms with Crippen molar-refractivity contribution in [1.82, 2.24) is 0 Å². The molecule has 0 unspecified atom stereocenters. The SMILES string of the molecule is CC(C)CCC[C@@H](C)[C@H]1CC[C@H]2[C@@H]3CC=C4C[C@@H](O)CC[C@]4(CC#N)[C@H]3CC[C@]12C. The van der Waals surface area contributed by atoms with Crippen LogP contribution in [-0.2, 0) is 0 Å². The molecule has 0 spiro atoms. The molecule has 4 aliphatic rings. The van der Waals surface area contributed by atoms with E-state index < -0.39 is 0 Å². The Labute approximate surface area is 185 Å². The average Bonchev–Trinajstić information content (AvgIpc) is 3.05. The minimum absolute atomic E-state index is 0.0825. The van der Waals surface area contributed by atoms with Crippen molar-refractivity contribution < 1.29 is 5.11 Å². The minimum atomic E-state index is -0.184. The molecule has 30 heavy (non-hydrogen) atoms. The molecule has 0 aromatic rings. The van der Waals surface area contributed by atoms with E-state index >= 15 is 0 Å². The molecule has 168 valence electrons. The van der Waals surface area contributed by atoms with Crippen LogP contribution in [0.4, 0.5) is 0 Å². The molecule has 0 aromatic carbocycles. The highest BCUT2D eigenvalue weighted by atomic mass is 16.3. The van der Waals surface area contributed by atoms with Crippen LogP contribution in [0.15, 0.2) is 11.6 Å². The van der Waals surface area contributed by atoms with E-state index in [4.69, 9.17) is 0 Å². The first-order valence-corrected chi connectivity index (χ1v) is 13.1. The lowest BCUT2D eigenvalue weighted by molar-refractivity contribution is -0.0618. The molecule has 0 heterocycles. The van der Waals surface area contributed by atoms with Crippen LogP contribution < -0.4 is 0 Å². The van der Waals surface area contributed by atoms with E-state index in [1.807, 2.05) is 0 Å². The predicted octanol–water partition coefficient (Wildman–Crippen LogP) is 7.28. The highest BCUT2D eigenvalue weighted by molar-refractivity contribution is 5.28. The average molecular weight is 412 g/mol. The number of hydrogen-bond acceptors (Lipinski definition) is 2. The molecule has 0 radical (unpaired) electrons. The van der Waals surface area contributed by atoms with Gasteiger partial charge < -0.3 is 5.11 Å². The number of aliphatic hydroxyl groups excluding tert-OH is 1. The van der Waals surface area contributed by atoms with E-state index in [2.05, 4.69) is 39.8 Å². The number of aliphatic hydroxyl groups is 1. The number of fused-ring (bicyclic) bond motifs is 5. The largest absolute Gasteiger partial charge is 0.393 e. The molecule has 0 amide bonds. The number of nitrogens with zero attached hydrogens (tertiary/aromatic N) is 1. The third kappa shape index (κ3) is 3.68. The fraction of sp³-hybridized carbons (Fsp3) is 0.893. The molecule has 3 fully saturated rings. The second kappa shape index (κ2) is 8.61. The first-order valence-electron chi connectivity index (χ1n) is 13.1. The van der Waals surface area contributed by atoms with Gasteiger partial charge in [-0.25, -0.2) is 0 Å². The zero-order valence-corrected chi connectivity index (χ0v) is 20.0. The Morgan fingerprint density at radius 3 is 2.63 bits per heavy atom. The van der Waals surface area contributed by atoms with Crippen LogP contribution in [0, 0.1) is 57.7 Å². The number of hydrogen-bond donors (Lipinski definition) is 1. The lowest BCUT2D eigenvalue weighted by Gasteiger charge is -2.59. The van der Waals surface area contributed by atoms with E-state index in [0.29, 0.717) is 17.8 Å². The fourth-order valence-electron chi connectivity index (χ4n) is 8.93. The summed E-state index contributed by atoms with van der Waals surface area (Å²) in [5.41, 5.74) is 2.04. The summed E-state index contributed by atoms with van der Waals surface area (Å²) in [4.78, 5) is 0. The zero-order valence-electron chi connectivity index (χ0n) is 20.0. The van der Waals surface area contributed by atoms with Gasteiger partial charge in [0.05, 0.1) is 12.2 Å². The Morgan fingerprint density at radius 2 is 1.90 bits per heavy atom. The molecule has 3 saturated carbocycles. The Hall–Kier alpha value is -0.810. The summed E-state index contributed by atoms with van der Waals surface area (Å²) in [7, 11) is 0. The lowest BCUT2D eigenvalue weighted by atomic mass is 9.46. The number of rotatable bonds is 6. The smallest absolute Gasteiger partial charge is 0.0631 e. The monoisotopic (exact) mass is 411 g/mol. The van der Waals surface area contributed by atoms with Crippen LogP contribution in [0.2, 0.25) is 0 Å². The summed E-state index contributed by atoms with van der Waals surface area (Å²) < 4.78 is 0. The van der Waals surface area contributed by atoms with Crippen LogP contribution in [0.1, 0.15) is 105 Å². The summed E-state index contributed by atoms with van der Waals surface area (Å²) in [5, 5.41) is 20.0. The standard InChI is InChI=1S/C28H45NO/c1-19(2)6-5-7-20(3)24-10-11-25-23-9-8-21-18-22(30)12-15-28(21,16-17-29)26(23)13-14-27(24,25)4/h8,19-20,22-26,30H,5-7,9-16,18H2,1-4H3/t20-,22+,23+,24-,25+,26+,27-,28-/m1/s1.